The second-order valence-corrected chi connectivity index (χ2v) is 6.35. The minimum absolute atomic E-state index is 0.0427. The normalized spacial score (nSPS) is 11.4. The molecule has 0 bridgehead atoms. The molecule has 7 heteroatoms. The lowest BCUT2D eigenvalue weighted by Gasteiger charge is -2.11. The van der Waals surface area contributed by atoms with Crippen LogP contribution in [0.25, 0.3) is 0 Å². The number of rotatable bonds is 3. The van der Waals surface area contributed by atoms with Crippen LogP contribution in [0.1, 0.15) is 11.1 Å². The van der Waals surface area contributed by atoms with Gasteiger partial charge in [-0.15, -0.1) is 0 Å². The van der Waals surface area contributed by atoms with Crippen molar-refractivity contribution in [3.05, 3.63) is 52.6 Å². The highest BCUT2D eigenvalue weighted by Crippen LogP contribution is 2.26. The largest absolute Gasteiger partial charge is 0.276 e. The van der Waals surface area contributed by atoms with Crippen molar-refractivity contribution >= 4 is 27.3 Å². The van der Waals surface area contributed by atoms with Gasteiger partial charge in [0.15, 0.2) is 5.15 Å². The fourth-order valence-electron chi connectivity index (χ4n) is 1.58. The molecule has 1 aromatic heterocycles. The van der Waals surface area contributed by atoms with Crippen molar-refractivity contribution in [2.75, 3.05) is 4.72 Å². The zero-order chi connectivity index (χ0) is 14.9. The van der Waals surface area contributed by atoms with Crippen LogP contribution in [0.3, 0.4) is 0 Å². The molecule has 0 aliphatic carbocycles. The van der Waals surface area contributed by atoms with E-state index >= 15 is 0 Å². The second kappa shape index (κ2) is 5.38. The van der Waals surface area contributed by atoms with Gasteiger partial charge in [-0.05, 0) is 43.2 Å². The maximum absolute atomic E-state index is 13.5. The van der Waals surface area contributed by atoms with Gasteiger partial charge < -0.3 is 0 Å². The molecule has 2 rings (SSSR count). The summed E-state index contributed by atoms with van der Waals surface area (Å²) < 4.78 is 40.2. The predicted molar refractivity (Wildman–Crippen MR) is 75.9 cm³/mol. The van der Waals surface area contributed by atoms with Gasteiger partial charge in [0.2, 0.25) is 0 Å². The molecule has 4 nitrogen and oxygen atoms in total. The highest BCUT2D eigenvalue weighted by atomic mass is 35.5. The van der Waals surface area contributed by atoms with Gasteiger partial charge in [-0.25, -0.2) is 17.8 Å². The molecule has 0 unspecified atom stereocenters. The van der Waals surface area contributed by atoms with Gasteiger partial charge in [0.05, 0.1) is 10.6 Å². The van der Waals surface area contributed by atoms with Crippen molar-refractivity contribution in [1.29, 1.82) is 0 Å². The molecule has 0 spiro atoms. The van der Waals surface area contributed by atoms with E-state index in [4.69, 9.17) is 11.6 Å². The smallest absolute Gasteiger partial charge is 0.262 e. The molecule has 1 heterocycles. The van der Waals surface area contributed by atoms with Gasteiger partial charge in [-0.1, -0.05) is 17.7 Å². The van der Waals surface area contributed by atoms with Gasteiger partial charge in [0, 0.05) is 6.20 Å². The van der Waals surface area contributed by atoms with Crippen LogP contribution in [0.4, 0.5) is 10.1 Å². The summed E-state index contributed by atoms with van der Waals surface area (Å²) in [5.74, 6) is -0.582. The minimum atomic E-state index is -3.91. The molecular weight excluding hydrogens is 303 g/mol. The Bertz CT molecular complexity index is 743. The van der Waals surface area contributed by atoms with E-state index in [1.54, 1.807) is 19.9 Å². The first-order valence-electron chi connectivity index (χ1n) is 5.71. The molecule has 0 aliphatic rings. The van der Waals surface area contributed by atoms with Crippen LogP contribution < -0.4 is 4.72 Å². The molecule has 0 saturated carbocycles. The lowest BCUT2D eigenvalue weighted by molar-refractivity contribution is 0.593. The zero-order valence-electron chi connectivity index (χ0n) is 10.8. The van der Waals surface area contributed by atoms with Crippen LogP contribution >= 0.6 is 11.6 Å². The Hall–Kier alpha value is -1.66. The lowest BCUT2D eigenvalue weighted by Crippen LogP contribution is -2.14. The van der Waals surface area contributed by atoms with Gasteiger partial charge in [0.1, 0.15) is 5.82 Å². The van der Waals surface area contributed by atoms with Crippen molar-refractivity contribution in [3.8, 4) is 0 Å². The first kappa shape index (κ1) is 14.7. The average molecular weight is 315 g/mol. The standard InChI is InChI=1S/C13H12ClFN2O2S/c1-8-3-4-10(7-11(8)15)20(18,19)17-12-9(2)5-6-16-13(12)14/h3-7,17H,1-2H3. The molecule has 2 aromatic rings. The van der Waals surface area contributed by atoms with Crippen LogP contribution in [0.2, 0.25) is 5.15 Å². The number of sulfonamides is 1. The Balaban J connectivity index is 2.43. The van der Waals surface area contributed by atoms with E-state index in [0.717, 1.165) is 6.07 Å². The number of aromatic nitrogens is 1. The van der Waals surface area contributed by atoms with Crippen molar-refractivity contribution in [3.63, 3.8) is 0 Å². The second-order valence-electron chi connectivity index (χ2n) is 4.31. The molecule has 0 saturated heterocycles. The number of nitrogens with one attached hydrogen (secondary N) is 1. The van der Waals surface area contributed by atoms with E-state index in [2.05, 4.69) is 9.71 Å². The van der Waals surface area contributed by atoms with Gasteiger partial charge >= 0.3 is 0 Å². The van der Waals surface area contributed by atoms with Crippen molar-refractivity contribution in [2.24, 2.45) is 0 Å². The molecule has 0 radical (unpaired) electrons. The third-order valence-electron chi connectivity index (χ3n) is 2.80. The van der Waals surface area contributed by atoms with Crippen LogP contribution in [0.5, 0.6) is 0 Å². The summed E-state index contributed by atoms with van der Waals surface area (Å²) in [5.41, 5.74) is 1.19. The van der Waals surface area contributed by atoms with Crippen LogP contribution in [-0.4, -0.2) is 13.4 Å². The van der Waals surface area contributed by atoms with E-state index in [-0.39, 0.29) is 15.7 Å². The van der Waals surface area contributed by atoms with Crippen molar-refractivity contribution < 1.29 is 12.8 Å². The quantitative estimate of drug-likeness (QED) is 0.884. The van der Waals surface area contributed by atoms with E-state index < -0.39 is 15.8 Å². The highest BCUT2D eigenvalue weighted by Gasteiger charge is 2.18. The van der Waals surface area contributed by atoms with Gasteiger partial charge in [-0.2, -0.15) is 0 Å². The lowest BCUT2D eigenvalue weighted by atomic mass is 10.2. The first-order valence-corrected chi connectivity index (χ1v) is 7.57. The SMILES string of the molecule is Cc1ccc(S(=O)(=O)Nc2c(C)ccnc2Cl)cc1F. The van der Waals surface area contributed by atoms with E-state index in [9.17, 15) is 12.8 Å². The third-order valence-corrected chi connectivity index (χ3v) is 4.44. The molecule has 0 atom stereocenters. The number of halogens is 2. The van der Waals surface area contributed by atoms with Crippen molar-refractivity contribution in [1.82, 2.24) is 4.98 Å². The third kappa shape index (κ3) is 2.91. The van der Waals surface area contributed by atoms with E-state index in [1.165, 1.54) is 18.3 Å². The topological polar surface area (TPSA) is 59.1 Å². The molecular formula is C13H12ClFN2O2S. The van der Waals surface area contributed by atoms with Crippen LogP contribution in [0.15, 0.2) is 35.4 Å². The summed E-state index contributed by atoms with van der Waals surface area (Å²) in [6, 6.07) is 5.33. The fraction of sp³-hybridized carbons (Fsp3) is 0.154. The van der Waals surface area contributed by atoms with Crippen LogP contribution in [0, 0.1) is 19.7 Å². The molecule has 1 aromatic carbocycles. The zero-order valence-corrected chi connectivity index (χ0v) is 12.4. The minimum Gasteiger partial charge on any atom is -0.276 e. The van der Waals surface area contributed by atoms with Crippen LogP contribution in [-0.2, 0) is 10.0 Å². The number of hydrogen-bond donors (Lipinski definition) is 1. The Morgan fingerprint density at radius 3 is 2.50 bits per heavy atom. The highest BCUT2D eigenvalue weighted by molar-refractivity contribution is 7.92. The number of hydrogen-bond acceptors (Lipinski definition) is 3. The summed E-state index contributed by atoms with van der Waals surface area (Å²) in [6.45, 7) is 3.25. The molecule has 0 aliphatic heterocycles. The number of aryl methyl sites for hydroxylation is 2. The maximum atomic E-state index is 13.5. The van der Waals surface area contributed by atoms with Gasteiger partial charge in [-0.3, -0.25) is 4.72 Å². The van der Waals surface area contributed by atoms with Crippen molar-refractivity contribution in [2.45, 2.75) is 18.7 Å². The predicted octanol–water partition coefficient (Wildman–Crippen LogP) is 3.29. The summed E-state index contributed by atoms with van der Waals surface area (Å²) in [7, 11) is -3.91. The number of anilines is 1. The number of nitrogens with zero attached hydrogens (tertiary/aromatic N) is 1. The fourth-order valence-corrected chi connectivity index (χ4v) is 3.04. The summed E-state index contributed by atoms with van der Waals surface area (Å²) in [6.07, 6.45) is 1.47. The Kier molecular flexibility index (Phi) is 3.96. The Morgan fingerprint density at radius 1 is 1.20 bits per heavy atom. The summed E-state index contributed by atoms with van der Waals surface area (Å²) in [4.78, 5) is 3.65. The Labute approximate surface area is 121 Å². The molecule has 106 valence electrons. The van der Waals surface area contributed by atoms with Gasteiger partial charge in [0.25, 0.3) is 10.0 Å². The average Bonchev–Trinajstić information content (AvgIpc) is 2.37. The molecule has 0 amide bonds. The monoisotopic (exact) mass is 314 g/mol. The maximum Gasteiger partial charge on any atom is 0.262 e. The number of pyridine rings is 1. The molecule has 20 heavy (non-hydrogen) atoms. The van der Waals surface area contributed by atoms with E-state index in [1.807, 2.05) is 0 Å². The molecule has 1 N–H and O–H groups in total. The Morgan fingerprint density at radius 2 is 1.90 bits per heavy atom. The number of benzene rings is 1. The molecule has 0 fully saturated rings. The summed E-state index contributed by atoms with van der Waals surface area (Å²) >= 11 is 5.87. The summed E-state index contributed by atoms with van der Waals surface area (Å²) in [5, 5.41) is 0.0427. The first-order chi connectivity index (χ1) is 9.31. The van der Waals surface area contributed by atoms with E-state index in [0.29, 0.717) is 11.1 Å².